The summed E-state index contributed by atoms with van der Waals surface area (Å²) in [6.07, 6.45) is 0.110. The Bertz CT molecular complexity index is 1050. The molecule has 28 heavy (non-hydrogen) atoms. The quantitative estimate of drug-likeness (QED) is 0.698. The number of halogens is 3. The molecule has 0 radical (unpaired) electrons. The maximum atomic E-state index is 14.1. The van der Waals surface area contributed by atoms with E-state index in [9.17, 15) is 17.8 Å². The van der Waals surface area contributed by atoms with E-state index in [1.807, 2.05) is 0 Å². The van der Waals surface area contributed by atoms with Gasteiger partial charge in [-0.3, -0.25) is 4.79 Å². The smallest absolute Gasteiger partial charge is 0.285 e. The van der Waals surface area contributed by atoms with Crippen LogP contribution in [-0.2, 0) is 20.3 Å². The zero-order valence-corrected chi connectivity index (χ0v) is 16.7. The van der Waals surface area contributed by atoms with Crippen LogP contribution in [0.15, 0.2) is 52.0 Å². The van der Waals surface area contributed by atoms with Gasteiger partial charge >= 0.3 is 0 Å². The van der Waals surface area contributed by atoms with Gasteiger partial charge in [0.25, 0.3) is 5.91 Å². The van der Waals surface area contributed by atoms with E-state index in [2.05, 4.69) is 9.52 Å². The highest BCUT2D eigenvalue weighted by Crippen LogP contribution is 2.29. The van der Waals surface area contributed by atoms with Crippen LogP contribution in [0.1, 0.15) is 36.2 Å². The lowest BCUT2D eigenvalue weighted by Crippen LogP contribution is -2.24. The van der Waals surface area contributed by atoms with Crippen LogP contribution in [0.5, 0.6) is 0 Å². The zero-order valence-electron chi connectivity index (χ0n) is 15.1. The molecule has 148 valence electrons. The van der Waals surface area contributed by atoms with Crippen LogP contribution in [0, 0.1) is 11.6 Å². The van der Waals surface area contributed by atoms with Crippen LogP contribution in [0.4, 0.5) is 8.78 Å². The van der Waals surface area contributed by atoms with Crippen molar-refractivity contribution in [2.45, 2.75) is 31.6 Å². The summed E-state index contributed by atoms with van der Waals surface area (Å²) in [5, 5.41) is 4.21. The van der Waals surface area contributed by atoms with Gasteiger partial charge in [0.05, 0.1) is 5.75 Å². The Labute approximate surface area is 166 Å². The average Bonchev–Trinajstić information content (AvgIpc) is 2.99. The van der Waals surface area contributed by atoms with Crippen LogP contribution in [0.2, 0.25) is 5.02 Å². The highest BCUT2D eigenvalue weighted by atomic mass is 35.5. The molecular weight excluding hydrogens is 410 g/mol. The van der Waals surface area contributed by atoms with Crippen molar-refractivity contribution in [1.29, 1.82) is 0 Å². The summed E-state index contributed by atoms with van der Waals surface area (Å²) in [5.74, 6) is -3.18. The van der Waals surface area contributed by atoms with Gasteiger partial charge in [-0.2, -0.15) is 4.36 Å². The van der Waals surface area contributed by atoms with E-state index >= 15 is 0 Å². The second-order valence-corrected chi connectivity index (χ2v) is 9.56. The normalized spacial score (nSPS) is 17.4. The zero-order chi connectivity index (χ0) is 20.5. The van der Waals surface area contributed by atoms with Crippen LogP contribution < -0.4 is 0 Å². The summed E-state index contributed by atoms with van der Waals surface area (Å²) in [6.45, 7) is 3.43. The Morgan fingerprint density at radius 1 is 1.21 bits per heavy atom. The molecule has 5 nitrogen and oxygen atoms in total. The third kappa shape index (κ3) is 4.39. The number of hydrogen-bond acceptors (Lipinski definition) is 4. The summed E-state index contributed by atoms with van der Waals surface area (Å²) in [5.41, 5.74) is -1.04. The molecule has 2 aromatic rings. The molecule has 1 aliphatic heterocycles. The first-order valence-electron chi connectivity index (χ1n) is 8.32. The Balaban J connectivity index is 2.08. The lowest BCUT2D eigenvalue weighted by atomic mass is 10.1. The highest BCUT2D eigenvalue weighted by Gasteiger charge is 2.36. The molecule has 9 heteroatoms. The van der Waals surface area contributed by atoms with Gasteiger partial charge < -0.3 is 4.84 Å². The largest absolute Gasteiger partial charge is 0.389 e. The van der Waals surface area contributed by atoms with Crippen molar-refractivity contribution < 1.29 is 22.6 Å². The molecule has 1 atom stereocenters. The number of benzene rings is 2. The van der Waals surface area contributed by atoms with Crippen molar-refractivity contribution in [1.82, 2.24) is 0 Å². The van der Waals surface area contributed by atoms with Crippen LogP contribution in [0.25, 0.3) is 0 Å². The molecule has 3 rings (SSSR count). The van der Waals surface area contributed by atoms with Crippen molar-refractivity contribution in [3.8, 4) is 0 Å². The molecule has 0 spiro atoms. The molecule has 0 bridgehead atoms. The Hall–Kier alpha value is -2.32. The first kappa shape index (κ1) is 20.4. The minimum Gasteiger partial charge on any atom is -0.389 e. The fourth-order valence-electron chi connectivity index (χ4n) is 2.59. The lowest BCUT2D eigenvalue weighted by Gasteiger charge is -2.14. The van der Waals surface area contributed by atoms with E-state index in [4.69, 9.17) is 16.4 Å². The minimum absolute atomic E-state index is 0.0116. The van der Waals surface area contributed by atoms with Gasteiger partial charge in [0.2, 0.25) is 0 Å². The first-order valence-corrected chi connectivity index (χ1v) is 10.4. The highest BCUT2D eigenvalue weighted by molar-refractivity contribution is 8.07. The molecule has 0 fully saturated rings. The average molecular weight is 427 g/mol. The summed E-state index contributed by atoms with van der Waals surface area (Å²) in [6, 6.07) is 9.13. The number of hydrogen-bond donors (Lipinski definition) is 0. The van der Waals surface area contributed by atoms with Crippen molar-refractivity contribution in [3.05, 3.63) is 70.2 Å². The second-order valence-electron chi connectivity index (χ2n) is 6.90. The van der Waals surface area contributed by atoms with Crippen molar-refractivity contribution >= 4 is 32.3 Å². The Morgan fingerprint density at radius 3 is 2.36 bits per heavy atom. The molecular formula is C19H17ClF2N2O3S. The van der Waals surface area contributed by atoms with Gasteiger partial charge in [-0.15, -0.1) is 0 Å². The van der Waals surface area contributed by atoms with Gasteiger partial charge in [0.1, 0.15) is 27.0 Å². The number of rotatable bonds is 3. The SMILES string of the molecule is CC1(C)CC(S(=O)(Cc2c(F)cccc2F)=NC(=O)c2ccc(Cl)cc2)=NO1. The maximum Gasteiger partial charge on any atom is 0.285 e. The van der Waals surface area contributed by atoms with E-state index < -0.39 is 44.2 Å². The summed E-state index contributed by atoms with van der Waals surface area (Å²) in [4.78, 5) is 17.8. The van der Waals surface area contributed by atoms with Crippen LogP contribution in [-0.4, -0.2) is 20.8 Å². The first-order chi connectivity index (χ1) is 13.1. The van der Waals surface area contributed by atoms with E-state index in [0.29, 0.717) is 5.02 Å². The van der Waals surface area contributed by atoms with Gasteiger partial charge in [-0.05, 0) is 50.2 Å². The fraction of sp³-hybridized carbons (Fsp3) is 0.263. The molecule has 0 saturated heterocycles. The van der Waals surface area contributed by atoms with Gasteiger partial charge in [-0.1, -0.05) is 22.8 Å². The molecule has 2 aromatic carbocycles. The van der Waals surface area contributed by atoms with Crippen molar-refractivity contribution in [2.75, 3.05) is 0 Å². The number of amides is 1. The lowest BCUT2D eigenvalue weighted by molar-refractivity contribution is 0.0123. The van der Waals surface area contributed by atoms with E-state index in [1.54, 1.807) is 13.8 Å². The Kier molecular flexibility index (Phi) is 5.54. The molecule has 1 aliphatic rings. The standard InChI is InChI=1S/C19H17ClF2N2O3S/c1-19(2)10-17(23-27-19)28(26,11-14-15(21)4-3-5-16(14)22)24-18(25)12-6-8-13(20)9-7-12/h3-9H,10-11H2,1-2H3. The fourth-order valence-corrected chi connectivity index (χ4v) is 4.82. The molecule has 0 N–H and O–H groups in total. The van der Waals surface area contributed by atoms with Gasteiger partial charge in [-0.25, -0.2) is 13.0 Å². The predicted molar refractivity (Wildman–Crippen MR) is 104 cm³/mol. The number of carbonyl (C=O) groups is 1. The number of oxime groups is 1. The minimum atomic E-state index is -3.61. The third-order valence-electron chi connectivity index (χ3n) is 4.06. The van der Waals surface area contributed by atoms with Crippen molar-refractivity contribution in [3.63, 3.8) is 0 Å². The van der Waals surface area contributed by atoms with E-state index in [1.165, 1.54) is 30.3 Å². The van der Waals surface area contributed by atoms with E-state index in [-0.39, 0.29) is 17.0 Å². The van der Waals surface area contributed by atoms with Crippen molar-refractivity contribution in [2.24, 2.45) is 9.52 Å². The number of carbonyl (C=O) groups excluding carboxylic acids is 1. The summed E-state index contributed by atoms with van der Waals surface area (Å²) in [7, 11) is -3.61. The third-order valence-corrected chi connectivity index (χ3v) is 6.41. The Morgan fingerprint density at radius 2 is 1.82 bits per heavy atom. The molecule has 0 aromatic heterocycles. The van der Waals surface area contributed by atoms with Gasteiger partial charge in [0.15, 0.2) is 5.04 Å². The van der Waals surface area contributed by atoms with Crippen LogP contribution >= 0.6 is 11.6 Å². The molecule has 1 amide bonds. The van der Waals surface area contributed by atoms with Crippen LogP contribution in [0.3, 0.4) is 0 Å². The number of nitrogens with zero attached hydrogens (tertiary/aromatic N) is 2. The predicted octanol–water partition coefficient (Wildman–Crippen LogP) is 4.94. The molecule has 1 heterocycles. The summed E-state index contributed by atoms with van der Waals surface area (Å²) >= 11 is 5.81. The monoisotopic (exact) mass is 426 g/mol. The second kappa shape index (κ2) is 7.60. The molecule has 0 saturated carbocycles. The van der Waals surface area contributed by atoms with E-state index in [0.717, 1.165) is 12.1 Å². The van der Waals surface area contributed by atoms with Gasteiger partial charge in [0, 0.05) is 22.6 Å². The molecule has 1 unspecified atom stereocenters. The molecule has 0 aliphatic carbocycles. The summed E-state index contributed by atoms with van der Waals surface area (Å²) < 4.78 is 45.8. The maximum absolute atomic E-state index is 14.1. The topological polar surface area (TPSA) is 68.1 Å².